The van der Waals surface area contributed by atoms with Gasteiger partial charge in [-0.1, -0.05) is 6.07 Å². The van der Waals surface area contributed by atoms with Gasteiger partial charge in [-0.3, -0.25) is 4.90 Å². The summed E-state index contributed by atoms with van der Waals surface area (Å²) in [5, 5.41) is 0. The number of aryl methyl sites for hydroxylation is 1. The normalized spacial score (nSPS) is 18.5. The molecule has 0 radical (unpaired) electrons. The summed E-state index contributed by atoms with van der Waals surface area (Å²) in [6, 6.07) is 5.07. The van der Waals surface area contributed by atoms with Crippen molar-refractivity contribution in [3.8, 4) is 0 Å². The van der Waals surface area contributed by atoms with Gasteiger partial charge in [0, 0.05) is 6.54 Å². The number of piperidine rings is 1. The van der Waals surface area contributed by atoms with Crippen LogP contribution < -0.4 is 5.73 Å². The Bertz CT molecular complexity index is 370. The van der Waals surface area contributed by atoms with Crippen LogP contribution in [0.25, 0.3) is 0 Å². The van der Waals surface area contributed by atoms with Crippen molar-refractivity contribution in [1.29, 1.82) is 0 Å². The largest absolute Gasteiger partial charge is 0.330 e. The highest BCUT2D eigenvalue weighted by atomic mass is 19.1. The van der Waals surface area contributed by atoms with Crippen LogP contribution in [-0.2, 0) is 6.54 Å². The number of likely N-dealkylation sites (tertiary alicyclic amines) is 1. The molecule has 1 aromatic carbocycles. The van der Waals surface area contributed by atoms with E-state index in [1.807, 2.05) is 13.0 Å². The van der Waals surface area contributed by atoms with Crippen molar-refractivity contribution in [2.24, 2.45) is 11.7 Å². The van der Waals surface area contributed by atoms with Crippen molar-refractivity contribution in [1.82, 2.24) is 4.90 Å². The molecule has 2 rings (SSSR count). The SMILES string of the molecule is Cc1cc(F)ccc1CN1CCC(CN)CC1. The zero-order chi connectivity index (χ0) is 12.3. The molecule has 0 bridgehead atoms. The summed E-state index contributed by atoms with van der Waals surface area (Å²) in [6.07, 6.45) is 2.38. The first kappa shape index (κ1) is 12.5. The van der Waals surface area contributed by atoms with Gasteiger partial charge < -0.3 is 5.73 Å². The molecule has 17 heavy (non-hydrogen) atoms. The fraction of sp³-hybridized carbons (Fsp3) is 0.571. The van der Waals surface area contributed by atoms with Crippen molar-refractivity contribution in [3.05, 3.63) is 35.1 Å². The van der Waals surface area contributed by atoms with Crippen LogP contribution in [-0.4, -0.2) is 24.5 Å². The first-order chi connectivity index (χ1) is 8.19. The van der Waals surface area contributed by atoms with E-state index in [2.05, 4.69) is 4.90 Å². The van der Waals surface area contributed by atoms with Gasteiger partial charge in [0.15, 0.2) is 0 Å². The van der Waals surface area contributed by atoms with Gasteiger partial charge in [-0.05, 0) is 68.6 Å². The molecule has 3 heteroatoms. The molecule has 1 saturated heterocycles. The number of nitrogens with zero attached hydrogens (tertiary/aromatic N) is 1. The maximum Gasteiger partial charge on any atom is 0.123 e. The summed E-state index contributed by atoms with van der Waals surface area (Å²) in [7, 11) is 0. The molecule has 1 aliphatic heterocycles. The number of hydrogen-bond acceptors (Lipinski definition) is 2. The lowest BCUT2D eigenvalue weighted by atomic mass is 9.96. The smallest absolute Gasteiger partial charge is 0.123 e. The van der Waals surface area contributed by atoms with Crippen molar-refractivity contribution in [2.45, 2.75) is 26.3 Å². The number of nitrogens with two attached hydrogens (primary N) is 1. The molecule has 0 saturated carbocycles. The topological polar surface area (TPSA) is 29.3 Å². The molecule has 1 fully saturated rings. The highest BCUT2D eigenvalue weighted by Crippen LogP contribution is 2.19. The fourth-order valence-electron chi connectivity index (χ4n) is 2.46. The quantitative estimate of drug-likeness (QED) is 0.872. The number of benzene rings is 1. The van der Waals surface area contributed by atoms with E-state index in [1.54, 1.807) is 12.1 Å². The molecule has 0 spiro atoms. The van der Waals surface area contributed by atoms with Crippen LogP contribution in [0.1, 0.15) is 24.0 Å². The summed E-state index contributed by atoms with van der Waals surface area (Å²) in [5.41, 5.74) is 7.96. The molecule has 1 heterocycles. The minimum atomic E-state index is -0.145. The molecular formula is C14H21FN2. The van der Waals surface area contributed by atoms with E-state index in [-0.39, 0.29) is 5.82 Å². The first-order valence-electron chi connectivity index (χ1n) is 6.36. The monoisotopic (exact) mass is 236 g/mol. The van der Waals surface area contributed by atoms with Gasteiger partial charge in [-0.2, -0.15) is 0 Å². The van der Waals surface area contributed by atoms with Gasteiger partial charge in [-0.25, -0.2) is 4.39 Å². The van der Waals surface area contributed by atoms with E-state index >= 15 is 0 Å². The van der Waals surface area contributed by atoms with Crippen LogP contribution in [0, 0.1) is 18.7 Å². The predicted molar refractivity (Wildman–Crippen MR) is 68.2 cm³/mol. The van der Waals surface area contributed by atoms with Crippen LogP contribution in [0.15, 0.2) is 18.2 Å². The Hall–Kier alpha value is -0.930. The molecule has 0 aromatic heterocycles. The van der Waals surface area contributed by atoms with E-state index in [1.165, 1.54) is 18.4 Å². The lowest BCUT2D eigenvalue weighted by molar-refractivity contribution is 0.180. The van der Waals surface area contributed by atoms with Crippen LogP contribution in [0.2, 0.25) is 0 Å². The maximum absolute atomic E-state index is 13.0. The second kappa shape index (κ2) is 5.61. The zero-order valence-electron chi connectivity index (χ0n) is 10.5. The lowest BCUT2D eigenvalue weighted by Crippen LogP contribution is -2.35. The highest BCUT2D eigenvalue weighted by molar-refractivity contribution is 5.26. The molecule has 0 unspecified atom stereocenters. The maximum atomic E-state index is 13.0. The molecule has 0 atom stereocenters. The third kappa shape index (κ3) is 3.27. The van der Waals surface area contributed by atoms with E-state index in [4.69, 9.17) is 5.73 Å². The Labute approximate surface area is 103 Å². The molecule has 0 aliphatic carbocycles. The minimum absolute atomic E-state index is 0.145. The molecule has 1 aromatic rings. The molecule has 94 valence electrons. The average Bonchev–Trinajstić information content (AvgIpc) is 2.34. The van der Waals surface area contributed by atoms with Gasteiger partial charge in [0.2, 0.25) is 0 Å². The van der Waals surface area contributed by atoms with Gasteiger partial charge in [-0.15, -0.1) is 0 Å². The van der Waals surface area contributed by atoms with Crippen LogP contribution in [0.3, 0.4) is 0 Å². The van der Waals surface area contributed by atoms with Gasteiger partial charge >= 0.3 is 0 Å². The molecule has 1 aliphatic rings. The van der Waals surface area contributed by atoms with Gasteiger partial charge in [0.05, 0.1) is 0 Å². The van der Waals surface area contributed by atoms with Crippen LogP contribution >= 0.6 is 0 Å². The summed E-state index contributed by atoms with van der Waals surface area (Å²) < 4.78 is 13.0. The van der Waals surface area contributed by atoms with Crippen LogP contribution in [0.4, 0.5) is 4.39 Å². The molecule has 2 nitrogen and oxygen atoms in total. The van der Waals surface area contributed by atoms with Gasteiger partial charge in [0.1, 0.15) is 5.82 Å². The summed E-state index contributed by atoms with van der Waals surface area (Å²) in [6.45, 7) is 5.94. The van der Waals surface area contributed by atoms with Gasteiger partial charge in [0.25, 0.3) is 0 Å². The Morgan fingerprint density at radius 1 is 1.35 bits per heavy atom. The summed E-state index contributed by atoms with van der Waals surface area (Å²) >= 11 is 0. The van der Waals surface area contributed by atoms with E-state index < -0.39 is 0 Å². The number of halogens is 1. The van der Waals surface area contributed by atoms with Crippen LogP contribution in [0.5, 0.6) is 0 Å². The third-order valence-corrected chi connectivity index (χ3v) is 3.74. The second-order valence-corrected chi connectivity index (χ2v) is 5.03. The Balaban J connectivity index is 1.93. The number of hydrogen-bond donors (Lipinski definition) is 1. The van der Waals surface area contributed by atoms with E-state index in [0.717, 1.165) is 31.7 Å². The fourth-order valence-corrected chi connectivity index (χ4v) is 2.46. The summed E-state index contributed by atoms with van der Waals surface area (Å²) in [5.74, 6) is 0.550. The third-order valence-electron chi connectivity index (χ3n) is 3.74. The van der Waals surface area contributed by atoms with E-state index in [9.17, 15) is 4.39 Å². The van der Waals surface area contributed by atoms with Crippen molar-refractivity contribution >= 4 is 0 Å². The predicted octanol–water partition coefficient (Wildman–Crippen LogP) is 2.30. The zero-order valence-corrected chi connectivity index (χ0v) is 10.5. The lowest BCUT2D eigenvalue weighted by Gasteiger charge is -2.31. The molecule has 2 N–H and O–H groups in total. The summed E-state index contributed by atoms with van der Waals surface area (Å²) in [4.78, 5) is 2.44. The van der Waals surface area contributed by atoms with Crippen molar-refractivity contribution in [2.75, 3.05) is 19.6 Å². The Kier molecular flexibility index (Phi) is 4.13. The Morgan fingerprint density at radius 3 is 2.65 bits per heavy atom. The Morgan fingerprint density at radius 2 is 2.06 bits per heavy atom. The standard InChI is InChI=1S/C14H21FN2/c1-11-8-14(15)3-2-13(11)10-17-6-4-12(9-16)5-7-17/h2-3,8,12H,4-7,9-10,16H2,1H3. The van der Waals surface area contributed by atoms with Crippen molar-refractivity contribution in [3.63, 3.8) is 0 Å². The second-order valence-electron chi connectivity index (χ2n) is 5.03. The molecular weight excluding hydrogens is 215 g/mol. The minimum Gasteiger partial charge on any atom is -0.330 e. The number of rotatable bonds is 3. The van der Waals surface area contributed by atoms with Crippen molar-refractivity contribution < 1.29 is 4.39 Å². The highest BCUT2D eigenvalue weighted by Gasteiger charge is 2.18. The molecule has 0 amide bonds. The first-order valence-corrected chi connectivity index (χ1v) is 6.36. The van der Waals surface area contributed by atoms with E-state index in [0.29, 0.717) is 5.92 Å². The average molecular weight is 236 g/mol.